The molecule has 0 bridgehead atoms. The lowest BCUT2D eigenvalue weighted by Gasteiger charge is -2.37. The number of anilines is 2. The summed E-state index contributed by atoms with van der Waals surface area (Å²) in [7, 11) is -4.65. The number of rotatable bonds is 10. The Balaban J connectivity index is 2.15. The van der Waals surface area contributed by atoms with Gasteiger partial charge in [0, 0.05) is 35.0 Å². The van der Waals surface area contributed by atoms with E-state index >= 15 is 0 Å². The normalized spacial score (nSPS) is 15.8. The molecule has 0 radical (unpaired) electrons. The van der Waals surface area contributed by atoms with Crippen LogP contribution in [0.4, 0.5) is 28.9 Å². The Hall–Kier alpha value is -2.14. The summed E-state index contributed by atoms with van der Waals surface area (Å²) in [5.41, 5.74) is -4.34. The number of fused-ring (bicyclic) bond motifs is 1. The number of benzene rings is 2. The summed E-state index contributed by atoms with van der Waals surface area (Å²) in [6.45, 7) is 4.86. The third-order valence-electron chi connectivity index (χ3n) is 6.31. The molecule has 3 rings (SSSR count). The van der Waals surface area contributed by atoms with Crippen LogP contribution in [0.3, 0.4) is 0 Å². The van der Waals surface area contributed by atoms with Gasteiger partial charge in [0.05, 0.1) is 12.8 Å². The number of thioether (sulfide) groups is 1. The fourth-order valence-corrected chi connectivity index (χ4v) is 6.14. The number of hydrogen-bond donors (Lipinski definition) is 0. The van der Waals surface area contributed by atoms with Gasteiger partial charge in [0.1, 0.15) is 5.82 Å². The first-order valence-corrected chi connectivity index (χ1v) is 14.2. The number of halogens is 4. The van der Waals surface area contributed by atoms with Crippen molar-refractivity contribution >= 4 is 33.3 Å². The highest BCUT2D eigenvalue weighted by atomic mass is 32.2. The van der Waals surface area contributed by atoms with Crippen molar-refractivity contribution in [3.05, 3.63) is 42.2 Å². The average molecular weight is 550 g/mol. The van der Waals surface area contributed by atoms with Crippen LogP contribution in [-0.2, 0) is 10.1 Å². The first-order valence-electron chi connectivity index (χ1n) is 11.8. The van der Waals surface area contributed by atoms with E-state index in [0.717, 1.165) is 44.2 Å². The Morgan fingerprint density at radius 2 is 1.64 bits per heavy atom. The van der Waals surface area contributed by atoms with Gasteiger partial charge in [-0.2, -0.15) is 21.6 Å². The molecule has 0 unspecified atom stereocenters. The highest BCUT2D eigenvalue weighted by Gasteiger charge is 2.49. The Labute approximate surface area is 214 Å². The molecule has 0 spiro atoms. The fraction of sp³-hybridized carbons (Fsp3) is 0.520. The van der Waals surface area contributed by atoms with E-state index < -0.39 is 21.4 Å². The number of ether oxygens (including phenoxy) is 1. The third kappa shape index (κ3) is 6.40. The van der Waals surface area contributed by atoms with Crippen molar-refractivity contribution in [2.45, 2.75) is 62.8 Å². The summed E-state index contributed by atoms with van der Waals surface area (Å²) in [6.07, 6.45) is 5.96. The van der Waals surface area contributed by atoms with Gasteiger partial charge in [-0.05, 0) is 42.5 Å². The first kappa shape index (κ1) is 28.4. The molecule has 0 amide bonds. The number of nitrogens with zero attached hydrogens (tertiary/aromatic N) is 1. The van der Waals surface area contributed by atoms with Crippen molar-refractivity contribution in [3.8, 4) is 11.5 Å². The van der Waals surface area contributed by atoms with E-state index in [1.165, 1.54) is 43.1 Å². The minimum Gasteiger partial charge on any atom is -0.493 e. The molecule has 1 aliphatic heterocycles. The lowest BCUT2D eigenvalue weighted by Crippen LogP contribution is -2.36. The van der Waals surface area contributed by atoms with E-state index in [2.05, 4.69) is 18.0 Å². The maximum atomic E-state index is 13.7. The molecule has 0 N–H and O–H groups in total. The maximum absolute atomic E-state index is 13.7. The van der Waals surface area contributed by atoms with Gasteiger partial charge < -0.3 is 13.8 Å². The molecule has 2 aromatic carbocycles. The van der Waals surface area contributed by atoms with E-state index in [1.807, 2.05) is 4.90 Å². The Morgan fingerprint density at radius 1 is 1.03 bits per heavy atom. The van der Waals surface area contributed by atoms with Crippen LogP contribution in [0.5, 0.6) is 11.5 Å². The van der Waals surface area contributed by atoms with Gasteiger partial charge in [-0.25, -0.2) is 4.39 Å². The molecule has 1 heterocycles. The Bertz CT molecular complexity index is 1130. The van der Waals surface area contributed by atoms with Crippen molar-refractivity contribution in [1.82, 2.24) is 0 Å². The van der Waals surface area contributed by atoms with Crippen LogP contribution in [0.1, 0.15) is 52.4 Å². The molecule has 0 atom stereocenters. The number of hydrogen-bond acceptors (Lipinski definition) is 6. The standard InChI is InChI=1S/C25H31F4NO4S2/c1-4-6-12-24(13-7-5-2)16-30(19-10-8-18(26)9-11-19)20-14-21(33-3)22(15-23(20)35-17-24)34-36(31,32)25(27,28)29/h8-11,14-15H,4-7,12-13,16-17H2,1-3H3. The number of alkyl halides is 3. The first-order chi connectivity index (χ1) is 16.9. The lowest BCUT2D eigenvalue weighted by molar-refractivity contribution is -0.0500. The topological polar surface area (TPSA) is 55.8 Å². The van der Waals surface area contributed by atoms with Crippen LogP contribution in [-0.4, -0.2) is 33.3 Å². The Morgan fingerprint density at radius 3 is 2.17 bits per heavy atom. The fourth-order valence-electron chi connectivity index (χ4n) is 4.33. The molecule has 0 aromatic heterocycles. The zero-order valence-electron chi connectivity index (χ0n) is 20.5. The molecule has 0 aliphatic carbocycles. The van der Waals surface area contributed by atoms with E-state index in [0.29, 0.717) is 22.9 Å². The predicted octanol–water partition coefficient (Wildman–Crippen LogP) is 7.67. The zero-order chi connectivity index (χ0) is 26.6. The van der Waals surface area contributed by atoms with Crippen LogP contribution in [0.25, 0.3) is 0 Å². The summed E-state index contributed by atoms with van der Waals surface area (Å²) in [5.74, 6) is -0.376. The predicted molar refractivity (Wildman–Crippen MR) is 134 cm³/mol. The molecular formula is C25H31F4NO4S2. The average Bonchev–Trinajstić information content (AvgIpc) is 2.98. The summed E-state index contributed by atoms with van der Waals surface area (Å²) in [4.78, 5) is 2.58. The van der Waals surface area contributed by atoms with Crippen molar-refractivity contribution in [3.63, 3.8) is 0 Å². The molecular weight excluding hydrogens is 518 g/mol. The van der Waals surface area contributed by atoms with Crippen LogP contribution in [0.15, 0.2) is 41.3 Å². The van der Waals surface area contributed by atoms with Crippen molar-refractivity contribution in [2.24, 2.45) is 5.41 Å². The molecule has 200 valence electrons. The minimum atomic E-state index is -5.88. The van der Waals surface area contributed by atoms with E-state index in [-0.39, 0.29) is 17.0 Å². The molecule has 11 heteroatoms. The molecule has 1 aliphatic rings. The van der Waals surface area contributed by atoms with Crippen LogP contribution in [0.2, 0.25) is 0 Å². The van der Waals surface area contributed by atoms with Gasteiger partial charge in [0.15, 0.2) is 11.5 Å². The van der Waals surface area contributed by atoms with Crippen molar-refractivity contribution < 1.29 is 34.9 Å². The summed E-state index contributed by atoms with van der Waals surface area (Å²) >= 11 is 1.46. The largest absolute Gasteiger partial charge is 0.534 e. The second-order valence-electron chi connectivity index (χ2n) is 9.01. The van der Waals surface area contributed by atoms with E-state index in [1.54, 1.807) is 12.1 Å². The highest BCUT2D eigenvalue weighted by Crippen LogP contribution is 2.50. The van der Waals surface area contributed by atoms with Crippen LogP contribution >= 0.6 is 11.8 Å². The van der Waals surface area contributed by atoms with Crippen molar-refractivity contribution in [1.29, 1.82) is 0 Å². The van der Waals surface area contributed by atoms with E-state index in [4.69, 9.17) is 4.74 Å². The highest BCUT2D eigenvalue weighted by molar-refractivity contribution is 7.99. The lowest BCUT2D eigenvalue weighted by atomic mass is 9.79. The van der Waals surface area contributed by atoms with Gasteiger partial charge in [0.2, 0.25) is 0 Å². The minimum absolute atomic E-state index is 0.115. The van der Waals surface area contributed by atoms with Gasteiger partial charge in [-0.1, -0.05) is 39.5 Å². The summed E-state index contributed by atoms with van der Waals surface area (Å²) in [5, 5.41) is 0. The monoisotopic (exact) mass is 549 g/mol. The molecule has 0 fully saturated rings. The molecule has 5 nitrogen and oxygen atoms in total. The van der Waals surface area contributed by atoms with Crippen LogP contribution < -0.4 is 13.8 Å². The van der Waals surface area contributed by atoms with E-state index in [9.17, 15) is 26.0 Å². The number of unbranched alkanes of at least 4 members (excludes halogenated alkanes) is 2. The molecule has 36 heavy (non-hydrogen) atoms. The summed E-state index contributed by atoms with van der Waals surface area (Å²) < 4.78 is 86.0. The van der Waals surface area contributed by atoms with Crippen molar-refractivity contribution in [2.75, 3.05) is 24.3 Å². The van der Waals surface area contributed by atoms with Gasteiger partial charge in [0.25, 0.3) is 0 Å². The van der Waals surface area contributed by atoms with Gasteiger partial charge >= 0.3 is 15.6 Å². The maximum Gasteiger partial charge on any atom is 0.534 e. The SMILES string of the molecule is CCCCC1(CCCC)CSc2cc(OS(=O)(=O)C(F)(F)F)c(OC)cc2N(c2ccc(F)cc2)C1. The molecule has 0 saturated carbocycles. The van der Waals surface area contributed by atoms with Crippen LogP contribution in [0, 0.1) is 11.2 Å². The smallest absolute Gasteiger partial charge is 0.493 e. The quantitative estimate of drug-likeness (QED) is 0.172. The third-order valence-corrected chi connectivity index (χ3v) is 8.67. The van der Waals surface area contributed by atoms with Gasteiger partial charge in [-0.15, -0.1) is 11.8 Å². The second kappa shape index (κ2) is 11.5. The summed E-state index contributed by atoms with van der Waals surface area (Å²) in [6, 6.07) is 8.81. The number of methoxy groups -OCH3 is 1. The van der Waals surface area contributed by atoms with Gasteiger partial charge in [-0.3, -0.25) is 0 Å². The Kier molecular flexibility index (Phi) is 9.08. The molecule has 2 aromatic rings. The second-order valence-corrected chi connectivity index (χ2v) is 11.6. The zero-order valence-corrected chi connectivity index (χ0v) is 22.2. The molecule has 0 saturated heterocycles.